The first-order valence-electron chi connectivity index (χ1n) is 6.96. The van der Waals surface area contributed by atoms with Crippen molar-refractivity contribution in [2.75, 3.05) is 13.2 Å². The second kappa shape index (κ2) is 6.68. The molecule has 4 nitrogen and oxygen atoms in total. The third-order valence-electron chi connectivity index (χ3n) is 3.17. The Hall–Kier alpha value is -1.39. The zero-order valence-corrected chi connectivity index (χ0v) is 11.6. The molecule has 0 spiro atoms. The van der Waals surface area contributed by atoms with Gasteiger partial charge in [-0.3, -0.25) is 9.63 Å². The monoisotopic (exact) mass is 263 g/mol. The van der Waals surface area contributed by atoms with E-state index in [9.17, 15) is 4.79 Å². The molecule has 0 saturated heterocycles. The quantitative estimate of drug-likeness (QED) is 0.708. The van der Waals surface area contributed by atoms with Gasteiger partial charge in [-0.1, -0.05) is 38.0 Å². The van der Waals surface area contributed by atoms with Crippen molar-refractivity contribution in [1.82, 2.24) is 5.06 Å². The Morgan fingerprint density at radius 2 is 2.00 bits per heavy atom. The van der Waals surface area contributed by atoms with E-state index < -0.39 is 6.23 Å². The predicted molar refractivity (Wildman–Crippen MR) is 72.5 cm³/mol. The maximum absolute atomic E-state index is 12.3. The van der Waals surface area contributed by atoms with Crippen LogP contribution in [0.4, 0.5) is 0 Å². The van der Waals surface area contributed by atoms with Gasteiger partial charge in [0.15, 0.2) is 6.23 Å². The van der Waals surface area contributed by atoms with E-state index in [1.807, 2.05) is 31.2 Å². The number of carbonyl (C=O) groups is 1. The van der Waals surface area contributed by atoms with Crippen molar-refractivity contribution in [2.24, 2.45) is 0 Å². The first-order valence-corrected chi connectivity index (χ1v) is 6.96. The summed E-state index contributed by atoms with van der Waals surface area (Å²) in [6.45, 7) is 5.15. The summed E-state index contributed by atoms with van der Waals surface area (Å²) >= 11 is 0. The van der Waals surface area contributed by atoms with Gasteiger partial charge in [0.05, 0.1) is 6.61 Å². The van der Waals surface area contributed by atoms with E-state index in [-0.39, 0.29) is 5.91 Å². The number of amides is 1. The zero-order valence-electron chi connectivity index (χ0n) is 11.6. The molecule has 2 rings (SSSR count). The molecule has 1 aliphatic heterocycles. The van der Waals surface area contributed by atoms with Crippen LogP contribution < -0.4 is 0 Å². The highest BCUT2D eigenvalue weighted by molar-refractivity contribution is 5.98. The van der Waals surface area contributed by atoms with Crippen molar-refractivity contribution < 1.29 is 14.4 Å². The van der Waals surface area contributed by atoms with E-state index in [1.54, 1.807) is 0 Å². The summed E-state index contributed by atoms with van der Waals surface area (Å²) in [5, 5.41) is 1.38. The van der Waals surface area contributed by atoms with Gasteiger partial charge >= 0.3 is 0 Å². The van der Waals surface area contributed by atoms with Crippen LogP contribution in [0.25, 0.3) is 0 Å². The molecule has 0 N–H and O–H groups in total. The summed E-state index contributed by atoms with van der Waals surface area (Å²) in [5.74, 6) is -0.106. The van der Waals surface area contributed by atoms with Crippen LogP contribution in [-0.2, 0) is 9.57 Å². The number of ether oxygens (including phenoxy) is 1. The molecule has 0 aliphatic carbocycles. The van der Waals surface area contributed by atoms with Gasteiger partial charge in [-0.15, -0.1) is 0 Å². The van der Waals surface area contributed by atoms with E-state index in [4.69, 9.17) is 9.57 Å². The SMILES string of the molecule is CCCCCON1C(=O)c2ccccc2C1OCC. The van der Waals surface area contributed by atoms with Gasteiger partial charge in [0.1, 0.15) is 0 Å². The molecular weight excluding hydrogens is 242 g/mol. The lowest BCUT2D eigenvalue weighted by molar-refractivity contribution is -0.215. The molecule has 0 bridgehead atoms. The van der Waals surface area contributed by atoms with Crippen LogP contribution in [0.2, 0.25) is 0 Å². The normalized spacial score (nSPS) is 17.9. The Labute approximate surface area is 114 Å². The minimum atomic E-state index is -0.407. The van der Waals surface area contributed by atoms with Gasteiger partial charge in [0.2, 0.25) is 0 Å². The molecule has 1 aromatic carbocycles. The maximum Gasteiger partial charge on any atom is 0.280 e. The number of hydrogen-bond acceptors (Lipinski definition) is 3. The largest absolute Gasteiger partial charge is 0.352 e. The average Bonchev–Trinajstić information content (AvgIpc) is 2.70. The van der Waals surface area contributed by atoms with Crippen molar-refractivity contribution >= 4 is 5.91 Å². The summed E-state index contributed by atoms with van der Waals surface area (Å²) in [6, 6.07) is 7.51. The molecule has 0 saturated carbocycles. The molecule has 1 unspecified atom stereocenters. The standard InChI is InChI=1S/C15H21NO3/c1-3-5-8-11-19-16-14(17)12-9-6-7-10-13(12)15(16)18-4-2/h6-7,9-10,15H,3-5,8,11H2,1-2H3. The van der Waals surface area contributed by atoms with E-state index >= 15 is 0 Å². The van der Waals surface area contributed by atoms with Crippen molar-refractivity contribution in [3.8, 4) is 0 Å². The number of hydrogen-bond donors (Lipinski definition) is 0. The van der Waals surface area contributed by atoms with Crippen molar-refractivity contribution in [2.45, 2.75) is 39.3 Å². The second-order valence-corrected chi connectivity index (χ2v) is 4.57. The maximum atomic E-state index is 12.3. The Morgan fingerprint density at radius 3 is 2.74 bits per heavy atom. The molecule has 1 amide bonds. The molecule has 19 heavy (non-hydrogen) atoms. The van der Waals surface area contributed by atoms with Crippen LogP contribution in [0.3, 0.4) is 0 Å². The summed E-state index contributed by atoms with van der Waals surface area (Å²) in [4.78, 5) is 17.9. The fourth-order valence-electron chi connectivity index (χ4n) is 2.22. The molecule has 0 aromatic heterocycles. The molecule has 1 aromatic rings. The number of rotatable bonds is 7. The summed E-state index contributed by atoms with van der Waals surface area (Å²) in [6.07, 6.45) is 2.78. The van der Waals surface area contributed by atoms with Gasteiger partial charge in [0.25, 0.3) is 5.91 Å². The predicted octanol–water partition coefficient (Wildman–Crippen LogP) is 3.30. The van der Waals surface area contributed by atoms with Crippen LogP contribution >= 0.6 is 0 Å². The highest BCUT2D eigenvalue weighted by Gasteiger charge is 2.38. The number of fused-ring (bicyclic) bond motifs is 1. The molecule has 0 fully saturated rings. The first-order chi connectivity index (χ1) is 9.29. The van der Waals surface area contributed by atoms with E-state index in [0.29, 0.717) is 18.8 Å². The lowest BCUT2D eigenvalue weighted by Crippen LogP contribution is -2.30. The van der Waals surface area contributed by atoms with Crippen molar-refractivity contribution in [3.05, 3.63) is 35.4 Å². The smallest absolute Gasteiger partial charge is 0.280 e. The van der Waals surface area contributed by atoms with E-state index in [0.717, 1.165) is 24.8 Å². The molecule has 1 atom stereocenters. The van der Waals surface area contributed by atoms with Crippen LogP contribution in [0.5, 0.6) is 0 Å². The number of nitrogens with zero attached hydrogens (tertiary/aromatic N) is 1. The minimum Gasteiger partial charge on any atom is -0.352 e. The number of benzene rings is 1. The van der Waals surface area contributed by atoms with Crippen LogP contribution in [0, 0.1) is 0 Å². The molecule has 0 radical (unpaired) electrons. The van der Waals surface area contributed by atoms with Crippen LogP contribution in [0.1, 0.15) is 55.3 Å². The van der Waals surface area contributed by atoms with Crippen molar-refractivity contribution in [1.29, 1.82) is 0 Å². The fraction of sp³-hybridized carbons (Fsp3) is 0.533. The average molecular weight is 263 g/mol. The van der Waals surface area contributed by atoms with Gasteiger partial charge < -0.3 is 4.74 Å². The van der Waals surface area contributed by atoms with Gasteiger partial charge in [-0.05, 0) is 19.4 Å². The Kier molecular flexibility index (Phi) is 4.93. The van der Waals surface area contributed by atoms with Crippen molar-refractivity contribution in [3.63, 3.8) is 0 Å². The summed E-state index contributed by atoms with van der Waals surface area (Å²) in [7, 11) is 0. The molecule has 104 valence electrons. The Morgan fingerprint density at radius 1 is 1.21 bits per heavy atom. The highest BCUT2D eigenvalue weighted by Crippen LogP contribution is 2.34. The van der Waals surface area contributed by atoms with E-state index in [2.05, 4.69) is 6.92 Å². The molecular formula is C15H21NO3. The molecule has 1 aliphatic rings. The van der Waals surface area contributed by atoms with E-state index in [1.165, 1.54) is 5.06 Å². The summed E-state index contributed by atoms with van der Waals surface area (Å²) in [5.41, 5.74) is 1.57. The third-order valence-corrected chi connectivity index (χ3v) is 3.17. The Balaban J connectivity index is 2.08. The number of hydroxylamine groups is 2. The fourth-order valence-corrected chi connectivity index (χ4v) is 2.22. The van der Waals surface area contributed by atoms with Gasteiger partial charge in [0, 0.05) is 17.7 Å². The molecule has 4 heteroatoms. The number of carbonyl (C=O) groups excluding carboxylic acids is 1. The topological polar surface area (TPSA) is 38.8 Å². The van der Waals surface area contributed by atoms with Crippen LogP contribution in [-0.4, -0.2) is 24.2 Å². The van der Waals surface area contributed by atoms with Crippen LogP contribution in [0.15, 0.2) is 24.3 Å². The summed E-state index contributed by atoms with van der Waals surface area (Å²) < 4.78 is 5.65. The van der Waals surface area contributed by atoms with Gasteiger partial charge in [-0.25, -0.2) is 0 Å². The second-order valence-electron chi connectivity index (χ2n) is 4.57. The minimum absolute atomic E-state index is 0.106. The number of unbranched alkanes of at least 4 members (excludes halogenated alkanes) is 2. The lowest BCUT2D eigenvalue weighted by Gasteiger charge is -2.23. The molecule has 1 heterocycles. The lowest BCUT2D eigenvalue weighted by atomic mass is 10.1. The third kappa shape index (κ3) is 2.96. The first kappa shape index (κ1) is 14.0. The van der Waals surface area contributed by atoms with Gasteiger partial charge in [-0.2, -0.15) is 5.06 Å². The highest BCUT2D eigenvalue weighted by atomic mass is 16.7. The zero-order chi connectivity index (χ0) is 13.7. The Bertz CT molecular complexity index is 433.